The lowest BCUT2D eigenvalue weighted by Gasteiger charge is -2.12. The maximum Gasteiger partial charge on any atom is 0.256 e. The number of aromatic nitrogens is 1. The number of nitrogens with one attached hydrogen (secondary N) is 3. The van der Waals surface area contributed by atoms with Crippen molar-refractivity contribution < 1.29 is 14.0 Å². The molecule has 0 aliphatic carbocycles. The largest absolute Gasteiger partial charge is 0.359 e. The maximum atomic E-state index is 13.4. The number of halogens is 1. The van der Waals surface area contributed by atoms with Gasteiger partial charge in [-0.25, -0.2) is 4.39 Å². The minimum atomic E-state index is -0.346. The molecule has 30 heavy (non-hydrogen) atoms. The Morgan fingerprint density at radius 3 is 2.53 bits per heavy atom. The van der Waals surface area contributed by atoms with Gasteiger partial charge in [-0.15, -0.1) is 0 Å². The second-order valence-corrected chi connectivity index (χ2v) is 7.74. The Bertz CT molecular complexity index is 958. The lowest BCUT2D eigenvalue weighted by atomic mass is 10.0. The zero-order valence-corrected chi connectivity index (χ0v) is 17.8. The van der Waals surface area contributed by atoms with E-state index in [1.165, 1.54) is 43.6 Å². The molecule has 0 atom stereocenters. The third kappa shape index (κ3) is 4.97. The summed E-state index contributed by atoms with van der Waals surface area (Å²) in [6, 6.07) is 4.31. The Hall–Kier alpha value is -2.93. The van der Waals surface area contributed by atoms with Gasteiger partial charge >= 0.3 is 0 Å². The Balaban J connectivity index is 0.000000216. The van der Waals surface area contributed by atoms with Crippen molar-refractivity contribution >= 4 is 29.7 Å². The van der Waals surface area contributed by atoms with Crippen molar-refractivity contribution in [3.8, 4) is 0 Å². The van der Waals surface area contributed by atoms with Crippen LogP contribution in [-0.2, 0) is 9.59 Å². The molecule has 0 saturated carbocycles. The highest BCUT2D eigenvalue weighted by Gasteiger charge is 2.25. The minimum Gasteiger partial charge on any atom is -0.359 e. The molecule has 1 fully saturated rings. The van der Waals surface area contributed by atoms with Crippen LogP contribution in [-0.4, -0.2) is 48.4 Å². The standard InChI is InChI=1S/C16H15FN2O.C7H14N2O/c1-8-9(2)15(18-10(8)3)7-13-12-6-11(17)4-5-14(12)19-16(13)20;10-7-8-3-6-9-4-1-2-5-9/h4-7,18H,1-3H3,(H,19,20);7H,1-6H2,(H,8,10)/b13-7-;. The normalized spacial score (nSPS) is 16.8. The summed E-state index contributed by atoms with van der Waals surface area (Å²) in [5, 5.41) is 5.40. The number of H-pyrrole nitrogens is 1. The van der Waals surface area contributed by atoms with E-state index in [0.717, 1.165) is 36.5 Å². The van der Waals surface area contributed by atoms with E-state index in [-0.39, 0.29) is 11.7 Å². The van der Waals surface area contributed by atoms with Crippen molar-refractivity contribution in [2.24, 2.45) is 0 Å². The van der Waals surface area contributed by atoms with Crippen LogP contribution in [0, 0.1) is 26.6 Å². The number of nitrogens with zero attached hydrogens (tertiary/aromatic N) is 1. The van der Waals surface area contributed by atoms with Crippen molar-refractivity contribution in [1.82, 2.24) is 15.2 Å². The summed E-state index contributed by atoms with van der Waals surface area (Å²) in [7, 11) is 0. The zero-order valence-electron chi connectivity index (χ0n) is 17.8. The van der Waals surface area contributed by atoms with Gasteiger partial charge in [0.1, 0.15) is 5.82 Å². The molecular formula is C23H29FN4O2. The number of hydrogen-bond donors (Lipinski definition) is 3. The van der Waals surface area contributed by atoms with Gasteiger partial charge in [0.25, 0.3) is 5.91 Å². The van der Waals surface area contributed by atoms with Gasteiger partial charge in [0, 0.05) is 35.7 Å². The fourth-order valence-electron chi connectivity index (χ4n) is 3.75. The van der Waals surface area contributed by atoms with Gasteiger partial charge in [0.15, 0.2) is 0 Å². The Kier molecular flexibility index (Phi) is 7.05. The molecular weight excluding hydrogens is 383 g/mol. The molecule has 3 heterocycles. The average molecular weight is 413 g/mol. The number of hydrogen-bond acceptors (Lipinski definition) is 3. The highest BCUT2D eigenvalue weighted by Crippen LogP contribution is 2.34. The third-order valence-electron chi connectivity index (χ3n) is 5.76. The van der Waals surface area contributed by atoms with Crippen LogP contribution in [0.3, 0.4) is 0 Å². The minimum absolute atomic E-state index is 0.199. The van der Waals surface area contributed by atoms with E-state index in [1.807, 2.05) is 20.8 Å². The first-order valence-electron chi connectivity index (χ1n) is 10.3. The molecule has 2 aliphatic rings. The van der Waals surface area contributed by atoms with Gasteiger partial charge in [-0.2, -0.15) is 0 Å². The van der Waals surface area contributed by atoms with Crippen LogP contribution in [0.25, 0.3) is 11.6 Å². The molecule has 1 aromatic heterocycles. The zero-order chi connectivity index (χ0) is 21.7. The number of likely N-dealkylation sites (tertiary alicyclic amines) is 1. The summed E-state index contributed by atoms with van der Waals surface area (Å²) < 4.78 is 13.4. The van der Waals surface area contributed by atoms with Crippen LogP contribution in [0.1, 0.15) is 40.9 Å². The number of benzene rings is 1. The number of aryl methyl sites for hydroxylation is 1. The summed E-state index contributed by atoms with van der Waals surface area (Å²) in [5.41, 5.74) is 6.00. The molecule has 2 amide bonds. The van der Waals surface area contributed by atoms with Crippen LogP contribution in [0.2, 0.25) is 0 Å². The van der Waals surface area contributed by atoms with Crippen molar-refractivity contribution in [1.29, 1.82) is 0 Å². The second-order valence-electron chi connectivity index (χ2n) is 7.74. The molecule has 3 N–H and O–H groups in total. The maximum absolute atomic E-state index is 13.4. The van der Waals surface area contributed by atoms with Crippen molar-refractivity contribution in [3.05, 3.63) is 52.1 Å². The highest BCUT2D eigenvalue weighted by molar-refractivity contribution is 6.34. The van der Waals surface area contributed by atoms with E-state index in [4.69, 9.17) is 0 Å². The molecule has 2 aliphatic heterocycles. The molecule has 0 spiro atoms. The number of aromatic amines is 1. The summed E-state index contributed by atoms with van der Waals surface area (Å²) in [6.45, 7) is 10.3. The molecule has 4 rings (SSSR count). The molecule has 2 aromatic rings. The predicted octanol–water partition coefficient (Wildman–Crippen LogP) is 3.40. The Labute approximate surface area is 176 Å². The lowest BCUT2D eigenvalue weighted by molar-refractivity contribution is -0.111. The van der Waals surface area contributed by atoms with Crippen LogP contribution in [0.4, 0.5) is 10.1 Å². The van der Waals surface area contributed by atoms with E-state index < -0.39 is 0 Å². The fraction of sp³-hybridized carbons (Fsp3) is 0.391. The van der Waals surface area contributed by atoms with E-state index in [2.05, 4.69) is 20.5 Å². The first-order valence-corrected chi connectivity index (χ1v) is 10.3. The van der Waals surface area contributed by atoms with E-state index in [1.54, 1.807) is 12.1 Å². The molecule has 1 aromatic carbocycles. The van der Waals surface area contributed by atoms with E-state index >= 15 is 0 Å². The number of amides is 2. The van der Waals surface area contributed by atoms with Gasteiger partial charge in [0.05, 0.1) is 5.57 Å². The number of carbonyl (C=O) groups is 2. The number of carbonyl (C=O) groups excluding carboxylic acids is 2. The first kappa shape index (κ1) is 21.8. The highest BCUT2D eigenvalue weighted by atomic mass is 19.1. The SMILES string of the molecule is Cc1[nH]c(/C=C2\C(=O)Nc3ccc(F)cc32)c(C)c1C.O=CNCCN1CCCC1. The Morgan fingerprint density at radius 1 is 1.17 bits per heavy atom. The molecule has 0 bridgehead atoms. The van der Waals surface area contributed by atoms with Crippen LogP contribution < -0.4 is 10.6 Å². The third-order valence-corrected chi connectivity index (χ3v) is 5.76. The first-order chi connectivity index (χ1) is 14.4. The summed E-state index contributed by atoms with van der Waals surface area (Å²) >= 11 is 0. The molecule has 0 radical (unpaired) electrons. The van der Waals surface area contributed by atoms with Crippen LogP contribution in [0.5, 0.6) is 0 Å². The average Bonchev–Trinajstić information content (AvgIpc) is 3.40. The van der Waals surface area contributed by atoms with Gasteiger partial charge in [-0.3, -0.25) is 9.59 Å². The van der Waals surface area contributed by atoms with Crippen LogP contribution in [0.15, 0.2) is 18.2 Å². The van der Waals surface area contributed by atoms with E-state index in [0.29, 0.717) is 16.8 Å². The topological polar surface area (TPSA) is 77.2 Å². The summed E-state index contributed by atoms with van der Waals surface area (Å²) in [5.74, 6) is -0.545. The Morgan fingerprint density at radius 2 is 1.90 bits per heavy atom. The number of anilines is 1. The fourth-order valence-corrected chi connectivity index (χ4v) is 3.75. The number of fused-ring (bicyclic) bond motifs is 1. The smallest absolute Gasteiger partial charge is 0.256 e. The summed E-state index contributed by atoms with van der Waals surface area (Å²) in [6.07, 6.45) is 5.19. The van der Waals surface area contributed by atoms with Gasteiger partial charge < -0.3 is 20.5 Å². The predicted molar refractivity (Wildman–Crippen MR) is 118 cm³/mol. The van der Waals surface area contributed by atoms with Crippen molar-refractivity contribution in [3.63, 3.8) is 0 Å². The monoisotopic (exact) mass is 412 g/mol. The van der Waals surface area contributed by atoms with Gasteiger partial charge in [-0.05, 0) is 82.1 Å². The quantitative estimate of drug-likeness (QED) is 0.400. The van der Waals surface area contributed by atoms with Crippen molar-refractivity contribution in [2.75, 3.05) is 31.5 Å². The lowest BCUT2D eigenvalue weighted by Crippen LogP contribution is -2.29. The molecule has 1 saturated heterocycles. The molecule has 0 unspecified atom stereocenters. The van der Waals surface area contributed by atoms with Crippen molar-refractivity contribution in [2.45, 2.75) is 33.6 Å². The van der Waals surface area contributed by atoms with E-state index in [9.17, 15) is 14.0 Å². The van der Waals surface area contributed by atoms with Gasteiger partial charge in [-0.1, -0.05) is 0 Å². The van der Waals surface area contributed by atoms with Crippen LogP contribution >= 0.6 is 0 Å². The summed E-state index contributed by atoms with van der Waals surface area (Å²) in [4.78, 5) is 27.5. The second kappa shape index (κ2) is 9.71. The molecule has 160 valence electrons. The number of rotatable bonds is 5. The van der Waals surface area contributed by atoms with Gasteiger partial charge in [0.2, 0.25) is 6.41 Å². The molecule has 7 heteroatoms. The molecule has 6 nitrogen and oxygen atoms in total.